The SMILES string of the molecule is CCN(c1ncc2nc(C)n(CC#Cc3ccc(Cl)cc3-c3ccnc4c(C(=O)NS(C)(=O)=O)csc34)c(=O)c2c1C#N)C1CCN(CCCF)CC1. The average Bonchev–Trinajstić information content (AvgIpc) is 3.57. The molecule has 0 unspecified atom stereocenters. The summed E-state index contributed by atoms with van der Waals surface area (Å²) < 4.78 is 40.2. The van der Waals surface area contributed by atoms with E-state index in [1.807, 2.05) is 11.6 Å². The molecular weight excluding hydrogens is 739 g/mol. The van der Waals surface area contributed by atoms with Gasteiger partial charge in [-0.15, -0.1) is 11.3 Å². The molecule has 0 atom stereocenters. The fourth-order valence-electron chi connectivity index (χ4n) is 6.73. The highest BCUT2D eigenvalue weighted by molar-refractivity contribution is 7.89. The summed E-state index contributed by atoms with van der Waals surface area (Å²) in [5, 5.41) is 12.6. The number of carbonyl (C=O) groups is 1. The molecule has 5 aromatic rings. The van der Waals surface area contributed by atoms with Gasteiger partial charge in [-0.05, 0) is 57.4 Å². The van der Waals surface area contributed by atoms with E-state index in [1.165, 1.54) is 22.1 Å². The zero-order valence-corrected chi connectivity index (χ0v) is 31.7. The first kappa shape index (κ1) is 37.8. The number of thiophene rings is 1. The number of aromatic nitrogens is 4. The Labute approximate surface area is 315 Å². The van der Waals surface area contributed by atoms with Crippen LogP contribution in [0.2, 0.25) is 5.02 Å². The van der Waals surface area contributed by atoms with E-state index in [4.69, 9.17) is 11.6 Å². The molecule has 53 heavy (non-hydrogen) atoms. The quantitative estimate of drug-likeness (QED) is 0.185. The molecule has 1 N–H and O–H groups in total. The number of alkyl halides is 1. The molecular formula is C37H36ClFN8O4S2. The lowest BCUT2D eigenvalue weighted by molar-refractivity contribution is 0.0983. The van der Waals surface area contributed by atoms with E-state index in [2.05, 4.69) is 42.7 Å². The predicted octanol–water partition coefficient (Wildman–Crippen LogP) is 5.29. The molecule has 4 aromatic heterocycles. The number of nitriles is 1. The van der Waals surface area contributed by atoms with E-state index >= 15 is 0 Å². The molecule has 1 fully saturated rings. The number of rotatable bonds is 10. The standard InChI is InChI=1S/C37H36ClFN8O4S2/c1-4-46(26-11-17-45(18-12-26)15-6-13-39)35-29(20-40)32-31(21-42-35)43-23(2)47(37(32)49)16-5-7-24-8-9-25(38)19-28(24)27-10-14-41-33-30(22-52-34(27)33)36(48)44-53(3,50)51/h8-10,14,19,21-22,26H,4,6,11-13,15-18H2,1-3H3,(H,44,48). The van der Waals surface area contributed by atoms with Crippen LogP contribution in [-0.2, 0) is 16.6 Å². The molecule has 1 aliphatic rings. The van der Waals surface area contributed by atoms with Crippen molar-refractivity contribution in [2.75, 3.05) is 44.0 Å². The number of hydrogen-bond acceptors (Lipinski definition) is 11. The number of amides is 1. The minimum absolute atomic E-state index is 0.0202. The minimum atomic E-state index is -3.78. The van der Waals surface area contributed by atoms with Gasteiger partial charge in [0.25, 0.3) is 11.5 Å². The van der Waals surface area contributed by atoms with Gasteiger partial charge in [0, 0.05) is 65.5 Å². The Bertz CT molecular complexity index is 2500. The maximum absolute atomic E-state index is 14.1. The van der Waals surface area contributed by atoms with Crippen molar-refractivity contribution in [2.45, 2.75) is 45.7 Å². The lowest BCUT2D eigenvalue weighted by atomic mass is 10.00. The second kappa shape index (κ2) is 16.0. The molecule has 5 heterocycles. The third-order valence-electron chi connectivity index (χ3n) is 9.21. The van der Waals surface area contributed by atoms with Crippen molar-refractivity contribution in [3.05, 3.63) is 79.9 Å². The first-order valence-corrected chi connectivity index (χ1v) is 20.1. The molecule has 0 spiro atoms. The third kappa shape index (κ3) is 8.04. The first-order chi connectivity index (χ1) is 25.4. The average molecular weight is 775 g/mol. The highest BCUT2D eigenvalue weighted by Crippen LogP contribution is 2.36. The van der Waals surface area contributed by atoms with Crippen molar-refractivity contribution in [1.82, 2.24) is 29.1 Å². The summed E-state index contributed by atoms with van der Waals surface area (Å²) in [4.78, 5) is 44.8. The Morgan fingerprint density at radius 1 is 1.21 bits per heavy atom. The lowest BCUT2D eigenvalue weighted by Gasteiger charge is -2.39. The fraction of sp³-hybridized carbons (Fsp3) is 0.351. The highest BCUT2D eigenvalue weighted by atomic mass is 35.5. The van der Waals surface area contributed by atoms with Gasteiger partial charge in [-0.25, -0.2) is 23.1 Å². The fourth-order valence-corrected chi connectivity index (χ4v) is 8.38. The number of anilines is 1. The zero-order chi connectivity index (χ0) is 37.9. The number of likely N-dealkylation sites (tertiary alicyclic amines) is 1. The van der Waals surface area contributed by atoms with E-state index < -0.39 is 21.5 Å². The number of halogens is 2. The molecule has 1 aliphatic heterocycles. The predicted molar refractivity (Wildman–Crippen MR) is 206 cm³/mol. The Morgan fingerprint density at radius 2 is 1.98 bits per heavy atom. The Hall–Kier alpha value is -4.93. The van der Waals surface area contributed by atoms with Crippen molar-refractivity contribution in [2.24, 2.45) is 0 Å². The summed E-state index contributed by atoms with van der Waals surface area (Å²) in [5.74, 6) is 6.34. The zero-order valence-electron chi connectivity index (χ0n) is 29.3. The molecule has 1 aromatic carbocycles. The van der Waals surface area contributed by atoms with Crippen LogP contribution in [0, 0.1) is 30.1 Å². The van der Waals surface area contributed by atoms with E-state index in [-0.39, 0.29) is 35.8 Å². The summed E-state index contributed by atoms with van der Waals surface area (Å²) in [7, 11) is -3.78. The summed E-state index contributed by atoms with van der Waals surface area (Å²) in [6, 6.07) is 9.32. The second-order valence-corrected chi connectivity index (χ2v) is 15.7. The summed E-state index contributed by atoms with van der Waals surface area (Å²) >= 11 is 7.66. The summed E-state index contributed by atoms with van der Waals surface area (Å²) in [6.07, 6.45) is 6.16. The normalized spacial score (nSPS) is 13.8. The maximum atomic E-state index is 14.1. The molecule has 16 heteroatoms. The van der Waals surface area contributed by atoms with Crippen LogP contribution in [0.5, 0.6) is 0 Å². The van der Waals surface area contributed by atoms with Crippen molar-refractivity contribution < 1.29 is 17.6 Å². The maximum Gasteiger partial charge on any atom is 0.267 e. The molecule has 12 nitrogen and oxygen atoms in total. The smallest absolute Gasteiger partial charge is 0.267 e. The van der Waals surface area contributed by atoms with Gasteiger partial charge >= 0.3 is 0 Å². The van der Waals surface area contributed by atoms with Crippen molar-refractivity contribution in [1.29, 1.82) is 5.26 Å². The Morgan fingerprint density at radius 3 is 2.68 bits per heavy atom. The number of piperidine rings is 1. The van der Waals surface area contributed by atoms with Gasteiger partial charge in [0.1, 0.15) is 23.3 Å². The van der Waals surface area contributed by atoms with Crippen LogP contribution in [0.25, 0.3) is 32.2 Å². The molecule has 0 aliphatic carbocycles. The topological polar surface area (TPSA) is 154 Å². The number of fused-ring (bicyclic) bond motifs is 2. The van der Waals surface area contributed by atoms with E-state index in [0.717, 1.165) is 38.7 Å². The largest absolute Gasteiger partial charge is 0.353 e. The molecule has 0 saturated carbocycles. The van der Waals surface area contributed by atoms with E-state index in [0.29, 0.717) is 62.1 Å². The summed E-state index contributed by atoms with van der Waals surface area (Å²) in [6.45, 7) is 6.30. The van der Waals surface area contributed by atoms with Gasteiger partial charge in [-0.1, -0.05) is 23.4 Å². The number of benzene rings is 1. The molecule has 1 saturated heterocycles. The Balaban J connectivity index is 1.33. The van der Waals surface area contributed by atoms with Gasteiger partial charge in [-0.2, -0.15) is 5.26 Å². The van der Waals surface area contributed by atoms with Crippen LogP contribution >= 0.6 is 22.9 Å². The van der Waals surface area contributed by atoms with Crippen molar-refractivity contribution in [3.63, 3.8) is 0 Å². The van der Waals surface area contributed by atoms with Crippen molar-refractivity contribution in [3.8, 4) is 29.0 Å². The van der Waals surface area contributed by atoms with Gasteiger partial charge in [0.2, 0.25) is 10.0 Å². The number of carbonyl (C=O) groups excluding carboxylic acids is 1. The first-order valence-electron chi connectivity index (χ1n) is 17.0. The second-order valence-electron chi connectivity index (χ2n) is 12.7. The molecule has 274 valence electrons. The minimum Gasteiger partial charge on any atom is -0.353 e. The lowest BCUT2D eigenvalue weighted by Crippen LogP contribution is -2.46. The molecule has 6 rings (SSSR count). The Kier molecular flexibility index (Phi) is 11.4. The number of hydrogen-bond donors (Lipinski definition) is 1. The number of pyridine rings is 2. The van der Waals surface area contributed by atoms with Crippen LogP contribution in [0.15, 0.2) is 46.8 Å². The molecule has 1 amide bonds. The highest BCUT2D eigenvalue weighted by Gasteiger charge is 2.28. The van der Waals surface area contributed by atoms with E-state index in [1.54, 1.807) is 42.8 Å². The number of nitrogens with zero attached hydrogens (tertiary/aromatic N) is 7. The third-order valence-corrected chi connectivity index (χ3v) is 11.0. The number of nitrogens with one attached hydrogen (secondary N) is 1. The van der Waals surface area contributed by atoms with Crippen LogP contribution in [-0.4, -0.2) is 83.9 Å². The van der Waals surface area contributed by atoms with E-state index in [9.17, 15) is 27.7 Å². The number of aryl methyl sites for hydroxylation is 1. The van der Waals surface area contributed by atoms with Gasteiger partial charge in [-0.3, -0.25) is 23.5 Å². The molecule has 0 bridgehead atoms. The van der Waals surface area contributed by atoms with Gasteiger partial charge in [0.05, 0.1) is 52.4 Å². The number of sulfonamides is 1. The molecule has 0 radical (unpaired) electrons. The van der Waals surface area contributed by atoms with Crippen molar-refractivity contribution >= 4 is 65.8 Å². The van der Waals surface area contributed by atoms with Gasteiger partial charge in [0.15, 0.2) is 0 Å². The van der Waals surface area contributed by atoms with Crippen LogP contribution in [0.1, 0.15) is 53.5 Å². The van der Waals surface area contributed by atoms with Crippen LogP contribution in [0.4, 0.5) is 10.2 Å². The van der Waals surface area contributed by atoms with Crippen LogP contribution in [0.3, 0.4) is 0 Å². The summed E-state index contributed by atoms with van der Waals surface area (Å²) in [5.41, 5.74) is 2.50. The van der Waals surface area contributed by atoms with Crippen LogP contribution < -0.4 is 15.2 Å². The monoisotopic (exact) mass is 774 g/mol. The van der Waals surface area contributed by atoms with Gasteiger partial charge < -0.3 is 9.80 Å².